The summed E-state index contributed by atoms with van der Waals surface area (Å²) in [4.78, 5) is 36.3. The van der Waals surface area contributed by atoms with Gasteiger partial charge < -0.3 is 19.9 Å². The van der Waals surface area contributed by atoms with Gasteiger partial charge in [-0.25, -0.2) is 4.79 Å². The number of carbonyl (C=O) groups is 3. The predicted octanol–water partition coefficient (Wildman–Crippen LogP) is 1.92. The summed E-state index contributed by atoms with van der Waals surface area (Å²) in [5.41, 5.74) is 0.466. The molecule has 1 aliphatic rings. The zero-order chi connectivity index (χ0) is 18.4. The third kappa shape index (κ3) is 4.29. The third-order valence-electron chi connectivity index (χ3n) is 4.59. The van der Waals surface area contributed by atoms with Gasteiger partial charge in [0.2, 0.25) is 5.91 Å². The number of esters is 1. The van der Waals surface area contributed by atoms with Gasteiger partial charge in [0.15, 0.2) is 6.04 Å². The minimum Gasteiger partial charge on any atom is -0.496 e. The molecule has 0 unspecified atom stereocenters. The van der Waals surface area contributed by atoms with Crippen LogP contribution in [-0.2, 0) is 19.1 Å². The van der Waals surface area contributed by atoms with Crippen LogP contribution in [0.5, 0.6) is 5.75 Å². The molecule has 0 bridgehead atoms. The first-order valence-electron chi connectivity index (χ1n) is 8.23. The van der Waals surface area contributed by atoms with E-state index in [9.17, 15) is 19.5 Å². The summed E-state index contributed by atoms with van der Waals surface area (Å²) >= 11 is 0. The van der Waals surface area contributed by atoms with E-state index in [4.69, 9.17) is 9.47 Å². The Labute approximate surface area is 146 Å². The third-order valence-corrected chi connectivity index (χ3v) is 4.59. The number of ether oxygens (including phenoxy) is 2. The Morgan fingerprint density at radius 1 is 1.12 bits per heavy atom. The maximum Gasteiger partial charge on any atom is 0.333 e. The Hall–Kier alpha value is -2.57. The minimum atomic E-state index is -1.05. The molecule has 0 saturated heterocycles. The second-order valence-electron chi connectivity index (χ2n) is 6.04. The van der Waals surface area contributed by atoms with E-state index in [2.05, 4.69) is 5.32 Å². The molecule has 1 amide bonds. The van der Waals surface area contributed by atoms with Crippen molar-refractivity contribution in [2.24, 2.45) is 11.8 Å². The smallest absolute Gasteiger partial charge is 0.333 e. The lowest BCUT2D eigenvalue weighted by Gasteiger charge is -2.29. The normalized spacial score (nSPS) is 21.0. The number of aliphatic carboxylic acids is 1. The van der Waals surface area contributed by atoms with Crippen LogP contribution in [0.2, 0.25) is 0 Å². The molecule has 7 nitrogen and oxygen atoms in total. The zero-order valence-electron chi connectivity index (χ0n) is 14.4. The Bertz CT molecular complexity index is 644. The van der Waals surface area contributed by atoms with Gasteiger partial charge >= 0.3 is 11.9 Å². The molecule has 0 aliphatic heterocycles. The summed E-state index contributed by atoms with van der Waals surface area (Å²) in [6, 6.07) is 5.76. The standard InChI is InChI=1S/C18H23NO6/c1-24-14-10-6-5-9-13(14)15(18(23)25-2)19-16(20)11-7-3-4-8-12(11)17(21)22/h5-6,9-12,15H,3-4,7-8H2,1-2H3,(H,19,20)(H,21,22)/t11-,12+,15+/m0/s1. The minimum absolute atomic E-state index is 0.441. The Balaban J connectivity index is 2.26. The summed E-state index contributed by atoms with van der Waals surface area (Å²) in [7, 11) is 2.70. The Morgan fingerprint density at radius 3 is 2.36 bits per heavy atom. The zero-order valence-corrected chi connectivity index (χ0v) is 14.4. The van der Waals surface area contributed by atoms with Gasteiger partial charge in [0.1, 0.15) is 5.75 Å². The number of rotatable bonds is 6. The topological polar surface area (TPSA) is 102 Å². The van der Waals surface area contributed by atoms with Gasteiger partial charge in [-0.15, -0.1) is 0 Å². The number of para-hydroxylation sites is 1. The molecule has 2 rings (SSSR count). The molecule has 0 spiro atoms. The van der Waals surface area contributed by atoms with E-state index in [0.717, 1.165) is 12.8 Å². The van der Waals surface area contributed by atoms with Gasteiger partial charge in [0, 0.05) is 5.56 Å². The molecule has 0 heterocycles. The van der Waals surface area contributed by atoms with Crippen LogP contribution in [0.3, 0.4) is 0 Å². The van der Waals surface area contributed by atoms with Gasteiger partial charge in [0.25, 0.3) is 0 Å². The van der Waals surface area contributed by atoms with Crippen molar-refractivity contribution in [3.63, 3.8) is 0 Å². The molecule has 1 fully saturated rings. The monoisotopic (exact) mass is 349 g/mol. The molecule has 2 N–H and O–H groups in total. The maximum atomic E-state index is 12.7. The van der Waals surface area contributed by atoms with E-state index < -0.39 is 35.7 Å². The van der Waals surface area contributed by atoms with Gasteiger partial charge in [-0.3, -0.25) is 9.59 Å². The molecular formula is C18H23NO6. The van der Waals surface area contributed by atoms with E-state index >= 15 is 0 Å². The number of methoxy groups -OCH3 is 2. The number of nitrogens with one attached hydrogen (secondary N) is 1. The van der Waals surface area contributed by atoms with E-state index in [1.54, 1.807) is 24.3 Å². The van der Waals surface area contributed by atoms with E-state index in [1.165, 1.54) is 14.2 Å². The summed E-state index contributed by atoms with van der Waals surface area (Å²) in [6.45, 7) is 0. The van der Waals surface area contributed by atoms with Crippen LogP contribution in [0.4, 0.5) is 0 Å². The van der Waals surface area contributed by atoms with Crippen molar-refractivity contribution in [2.45, 2.75) is 31.7 Å². The average Bonchev–Trinajstić information content (AvgIpc) is 2.65. The van der Waals surface area contributed by atoms with Gasteiger partial charge in [-0.1, -0.05) is 31.0 Å². The number of benzene rings is 1. The average molecular weight is 349 g/mol. The van der Waals surface area contributed by atoms with Crippen LogP contribution in [-0.4, -0.2) is 37.2 Å². The maximum absolute atomic E-state index is 12.7. The lowest BCUT2D eigenvalue weighted by molar-refractivity contribution is -0.150. The molecule has 25 heavy (non-hydrogen) atoms. The predicted molar refractivity (Wildman–Crippen MR) is 89.0 cm³/mol. The van der Waals surface area contributed by atoms with Crippen molar-refractivity contribution in [2.75, 3.05) is 14.2 Å². The largest absolute Gasteiger partial charge is 0.496 e. The van der Waals surface area contributed by atoms with Crippen molar-refractivity contribution in [1.29, 1.82) is 0 Å². The quantitative estimate of drug-likeness (QED) is 0.761. The first-order valence-corrected chi connectivity index (χ1v) is 8.23. The van der Waals surface area contributed by atoms with Crippen molar-refractivity contribution >= 4 is 17.8 Å². The first-order chi connectivity index (χ1) is 12.0. The number of amides is 1. The lowest BCUT2D eigenvalue weighted by Crippen LogP contribution is -2.43. The molecule has 0 aromatic heterocycles. The molecular weight excluding hydrogens is 326 g/mol. The SMILES string of the molecule is COC(=O)[C@H](NC(=O)[C@H]1CCCC[C@H]1C(=O)O)c1ccccc1OC. The van der Waals surface area contributed by atoms with Crippen LogP contribution in [0.15, 0.2) is 24.3 Å². The number of carboxylic acid groups (broad SMARTS) is 1. The van der Waals surface area contributed by atoms with Crippen molar-refractivity contribution in [3.8, 4) is 5.75 Å². The molecule has 1 saturated carbocycles. The summed E-state index contributed by atoms with van der Waals surface area (Å²) in [6.07, 6.45) is 2.53. The van der Waals surface area contributed by atoms with E-state index in [-0.39, 0.29) is 0 Å². The first kappa shape index (κ1) is 18.8. The highest BCUT2D eigenvalue weighted by atomic mass is 16.5. The molecule has 7 heteroatoms. The summed E-state index contributed by atoms with van der Waals surface area (Å²) in [5.74, 6) is -3.02. The number of carboxylic acids is 1. The van der Waals surface area contributed by atoms with Crippen LogP contribution in [0, 0.1) is 11.8 Å². The molecule has 1 aliphatic carbocycles. The van der Waals surface area contributed by atoms with Crippen molar-refractivity contribution in [1.82, 2.24) is 5.32 Å². The molecule has 1 aromatic rings. The summed E-state index contributed by atoms with van der Waals surface area (Å²) < 4.78 is 10.1. The molecule has 0 radical (unpaired) electrons. The Kier molecular flexibility index (Phi) is 6.38. The highest BCUT2D eigenvalue weighted by Crippen LogP contribution is 2.32. The van der Waals surface area contributed by atoms with Crippen LogP contribution < -0.4 is 10.1 Å². The van der Waals surface area contributed by atoms with Crippen molar-refractivity contribution < 1.29 is 29.0 Å². The summed E-state index contributed by atoms with van der Waals surface area (Å²) in [5, 5.41) is 12.0. The number of carbonyl (C=O) groups excluding carboxylic acids is 2. The molecule has 3 atom stereocenters. The molecule has 1 aromatic carbocycles. The van der Waals surface area contributed by atoms with Crippen LogP contribution in [0.1, 0.15) is 37.3 Å². The molecule has 136 valence electrons. The highest BCUT2D eigenvalue weighted by molar-refractivity contribution is 5.89. The van der Waals surface area contributed by atoms with Gasteiger partial charge in [0.05, 0.1) is 26.1 Å². The fraction of sp³-hybridized carbons (Fsp3) is 0.500. The fourth-order valence-corrected chi connectivity index (χ4v) is 3.28. The highest BCUT2D eigenvalue weighted by Gasteiger charge is 2.38. The van der Waals surface area contributed by atoms with Gasteiger partial charge in [-0.05, 0) is 18.9 Å². The van der Waals surface area contributed by atoms with E-state index in [0.29, 0.717) is 24.2 Å². The number of hydrogen-bond acceptors (Lipinski definition) is 5. The van der Waals surface area contributed by atoms with Crippen molar-refractivity contribution in [3.05, 3.63) is 29.8 Å². The van der Waals surface area contributed by atoms with E-state index in [1.807, 2.05) is 0 Å². The fourth-order valence-electron chi connectivity index (χ4n) is 3.28. The second kappa shape index (κ2) is 8.50. The lowest BCUT2D eigenvalue weighted by atomic mass is 9.78. The van der Waals surface area contributed by atoms with Crippen LogP contribution >= 0.6 is 0 Å². The second-order valence-corrected chi connectivity index (χ2v) is 6.04. The van der Waals surface area contributed by atoms with Crippen LogP contribution in [0.25, 0.3) is 0 Å². The van der Waals surface area contributed by atoms with Gasteiger partial charge in [-0.2, -0.15) is 0 Å². The number of hydrogen-bond donors (Lipinski definition) is 2. The Morgan fingerprint density at radius 2 is 1.76 bits per heavy atom.